The highest BCUT2D eigenvalue weighted by Gasteiger charge is 2.12. The highest BCUT2D eigenvalue weighted by Crippen LogP contribution is 2.39. The van der Waals surface area contributed by atoms with Crippen LogP contribution in [-0.2, 0) is 13.3 Å². The number of hydrogen-bond donors (Lipinski definition) is 1. The number of phosphoric ester groups is 1. The summed E-state index contributed by atoms with van der Waals surface area (Å²) in [7, 11) is -2.25. The van der Waals surface area contributed by atoms with Crippen molar-refractivity contribution < 1.29 is 18.2 Å². The van der Waals surface area contributed by atoms with Crippen LogP contribution < -0.4 is 0 Å². The minimum absolute atomic E-state index is 0.219. The molecule has 0 aromatic heterocycles. The lowest BCUT2D eigenvalue weighted by Gasteiger charge is -2.02. The molecular formula is CH7O4PSi. The second-order valence-corrected chi connectivity index (χ2v) is 3.60. The molecule has 0 amide bonds. The van der Waals surface area contributed by atoms with E-state index in [2.05, 4.69) is 8.74 Å². The fourth-order valence-corrected chi connectivity index (χ4v) is 0.671. The Morgan fingerprint density at radius 3 is 2.29 bits per heavy atom. The number of hydrogen-bond acceptors (Lipinski definition) is 3. The van der Waals surface area contributed by atoms with Crippen LogP contribution in [0.1, 0.15) is 0 Å². The van der Waals surface area contributed by atoms with Gasteiger partial charge in [0.15, 0.2) is 10.5 Å². The summed E-state index contributed by atoms with van der Waals surface area (Å²) < 4.78 is 18.2. The van der Waals surface area contributed by atoms with Gasteiger partial charge in [-0.3, -0.25) is 4.52 Å². The molecule has 0 fully saturated rings. The Bertz CT molecular complexity index is 83.7. The summed E-state index contributed by atoms with van der Waals surface area (Å²) in [6.07, 6.45) is 0. The summed E-state index contributed by atoms with van der Waals surface area (Å²) >= 11 is 0. The molecule has 0 aliphatic carbocycles. The van der Waals surface area contributed by atoms with Gasteiger partial charge >= 0.3 is 7.82 Å². The van der Waals surface area contributed by atoms with Gasteiger partial charge in [0.2, 0.25) is 0 Å². The van der Waals surface area contributed by atoms with Gasteiger partial charge < -0.3 is 9.11 Å². The van der Waals surface area contributed by atoms with Crippen LogP contribution in [0.25, 0.3) is 0 Å². The Kier molecular flexibility index (Phi) is 2.71. The van der Waals surface area contributed by atoms with Gasteiger partial charge in [-0.15, -0.1) is 0 Å². The quantitative estimate of drug-likeness (QED) is 0.398. The van der Waals surface area contributed by atoms with Gasteiger partial charge in [-0.25, -0.2) is 4.57 Å². The van der Waals surface area contributed by atoms with Gasteiger partial charge in [0.1, 0.15) is 0 Å². The molecule has 6 heteroatoms. The molecule has 0 saturated carbocycles. The van der Waals surface area contributed by atoms with Crippen LogP contribution in [-0.4, -0.2) is 22.5 Å². The van der Waals surface area contributed by atoms with E-state index in [1.54, 1.807) is 0 Å². The number of phosphoric acid groups is 1. The molecule has 0 saturated heterocycles. The van der Waals surface area contributed by atoms with Gasteiger partial charge in [-0.05, 0) is 0 Å². The summed E-state index contributed by atoms with van der Waals surface area (Å²) in [4.78, 5) is 8.28. The van der Waals surface area contributed by atoms with Crippen molar-refractivity contribution in [2.75, 3.05) is 7.11 Å². The van der Waals surface area contributed by atoms with E-state index < -0.39 is 7.82 Å². The van der Waals surface area contributed by atoms with Crippen molar-refractivity contribution in [3.63, 3.8) is 0 Å². The molecule has 0 radical (unpaired) electrons. The highest BCUT2D eigenvalue weighted by molar-refractivity contribution is 7.48. The predicted molar refractivity (Wildman–Crippen MR) is 27.9 cm³/mol. The van der Waals surface area contributed by atoms with Crippen molar-refractivity contribution in [3.05, 3.63) is 0 Å². The first-order valence-electron chi connectivity index (χ1n) is 1.56. The minimum Gasteiger partial charge on any atom is -0.342 e. The van der Waals surface area contributed by atoms with Crippen LogP contribution in [0.3, 0.4) is 0 Å². The van der Waals surface area contributed by atoms with Crippen molar-refractivity contribution in [2.24, 2.45) is 0 Å². The average molecular weight is 142 g/mol. The highest BCUT2D eigenvalue weighted by atomic mass is 31.2. The maximum Gasteiger partial charge on any atom is 0.461 e. The van der Waals surface area contributed by atoms with E-state index >= 15 is 0 Å². The molecule has 44 valence electrons. The summed E-state index contributed by atoms with van der Waals surface area (Å²) in [6, 6.07) is 0. The molecule has 0 aliphatic rings. The first-order chi connectivity index (χ1) is 3.12. The maximum absolute atomic E-state index is 10.1. The molecule has 0 rings (SSSR count). The average Bonchev–Trinajstić information content (AvgIpc) is 1.68. The molecule has 0 aliphatic heterocycles. The summed E-state index contributed by atoms with van der Waals surface area (Å²) in [5.41, 5.74) is 0. The van der Waals surface area contributed by atoms with E-state index in [0.29, 0.717) is 0 Å². The molecule has 0 bridgehead atoms. The maximum atomic E-state index is 10.1. The summed E-state index contributed by atoms with van der Waals surface area (Å²) in [5.74, 6) is 0. The molecule has 4 nitrogen and oxygen atoms in total. The summed E-state index contributed by atoms with van der Waals surface area (Å²) in [6.45, 7) is 0. The Hall–Kier alpha value is 0.327. The molecule has 0 spiro atoms. The van der Waals surface area contributed by atoms with E-state index in [9.17, 15) is 4.57 Å². The Morgan fingerprint density at radius 1 is 1.86 bits per heavy atom. The zero-order valence-electron chi connectivity index (χ0n) is 4.12. The number of rotatable bonds is 2. The van der Waals surface area contributed by atoms with E-state index in [0.717, 1.165) is 7.11 Å². The molecule has 7 heavy (non-hydrogen) atoms. The van der Waals surface area contributed by atoms with Crippen molar-refractivity contribution in [1.82, 2.24) is 0 Å². The topological polar surface area (TPSA) is 55.8 Å². The van der Waals surface area contributed by atoms with Gasteiger partial charge in [0, 0.05) is 7.11 Å². The van der Waals surface area contributed by atoms with E-state index in [4.69, 9.17) is 4.89 Å². The van der Waals surface area contributed by atoms with Crippen molar-refractivity contribution >= 4 is 18.3 Å². The third-order valence-corrected chi connectivity index (χ3v) is 2.77. The first-order valence-corrected chi connectivity index (χ1v) is 3.88. The molecule has 1 N–H and O–H groups in total. The van der Waals surface area contributed by atoms with Crippen LogP contribution in [0.15, 0.2) is 0 Å². The van der Waals surface area contributed by atoms with E-state index in [1.807, 2.05) is 0 Å². The van der Waals surface area contributed by atoms with E-state index in [-0.39, 0.29) is 10.5 Å². The predicted octanol–water partition coefficient (Wildman–Crippen LogP) is -0.970. The third-order valence-electron chi connectivity index (χ3n) is 0.461. The lowest BCUT2D eigenvalue weighted by atomic mass is 11.8. The minimum atomic E-state index is -3.59. The van der Waals surface area contributed by atoms with Crippen LogP contribution >= 0.6 is 7.82 Å². The monoisotopic (exact) mass is 142 g/mol. The lowest BCUT2D eigenvalue weighted by molar-refractivity contribution is 0.249. The van der Waals surface area contributed by atoms with Gasteiger partial charge in [-0.2, -0.15) is 0 Å². The molecule has 1 unspecified atom stereocenters. The van der Waals surface area contributed by atoms with Crippen LogP contribution in [0, 0.1) is 0 Å². The lowest BCUT2D eigenvalue weighted by Crippen LogP contribution is -1.84. The molecule has 0 aromatic rings. The normalized spacial score (nSPS) is 19.1. The summed E-state index contributed by atoms with van der Waals surface area (Å²) in [5, 5.41) is 0. The third kappa shape index (κ3) is 2.96. The standard InChI is InChI=1S/CH7O4PSi/c1-4-6(2,3)5-7/h1,7H3,(H,2,3). The molecular weight excluding hydrogens is 135 g/mol. The Morgan fingerprint density at radius 2 is 2.29 bits per heavy atom. The smallest absolute Gasteiger partial charge is 0.342 e. The van der Waals surface area contributed by atoms with Gasteiger partial charge in [0.05, 0.1) is 0 Å². The zero-order chi connectivity index (χ0) is 5.91. The van der Waals surface area contributed by atoms with Crippen molar-refractivity contribution in [2.45, 2.75) is 0 Å². The van der Waals surface area contributed by atoms with Crippen LogP contribution in [0.4, 0.5) is 0 Å². The van der Waals surface area contributed by atoms with Crippen molar-refractivity contribution in [3.8, 4) is 0 Å². The van der Waals surface area contributed by atoms with E-state index in [1.165, 1.54) is 0 Å². The SMILES string of the molecule is COP(=O)(O)O[SiH3]. The molecule has 0 aromatic carbocycles. The first kappa shape index (κ1) is 7.33. The Balaban J connectivity index is 3.61. The molecule has 1 atom stereocenters. The van der Waals surface area contributed by atoms with Crippen LogP contribution in [0.2, 0.25) is 0 Å². The van der Waals surface area contributed by atoms with Crippen molar-refractivity contribution in [1.29, 1.82) is 0 Å². The largest absolute Gasteiger partial charge is 0.461 e. The fourth-order valence-electron chi connectivity index (χ4n) is 0.0745. The second kappa shape index (κ2) is 2.59. The Labute approximate surface area is 44.6 Å². The fraction of sp³-hybridized carbons (Fsp3) is 1.00. The molecule has 0 heterocycles. The zero-order valence-corrected chi connectivity index (χ0v) is 7.01. The van der Waals surface area contributed by atoms with Gasteiger partial charge in [0.25, 0.3) is 0 Å². The second-order valence-electron chi connectivity index (χ2n) is 0.834. The van der Waals surface area contributed by atoms with Crippen LogP contribution in [0.5, 0.6) is 0 Å². The van der Waals surface area contributed by atoms with Gasteiger partial charge in [-0.1, -0.05) is 0 Å².